The normalized spacial score (nSPS) is 12.9. The molecule has 0 aliphatic carbocycles. The molecule has 9 nitrogen and oxygen atoms in total. The number of aryl methyl sites for hydroxylation is 2. The van der Waals surface area contributed by atoms with Gasteiger partial charge in [0.15, 0.2) is 0 Å². The van der Waals surface area contributed by atoms with Crippen molar-refractivity contribution in [2.75, 3.05) is 13.1 Å². The molecule has 196 valence electrons. The molecule has 0 aromatic heterocycles. The van der Waals surface area contributed by atoms with E-state index in [9.17, 15) is 19.2 Å². The molecular formula is C26H42N4O5. The molecule has 4 N–H and O–H groups in total. The number of unbranched alkanes of at least 4 members (excludes halogenated alkanes) is 1. The largest absolute Gasteiger partial charge is 0.444 e. The molecule has 9 heteroatoms. The number of carbonyl (C=O) groups excluding carboxylic acids is 4. The number of nitrogens with zero attached hydrogens (tertiary/aromatic N) is 1. The standard InChI is InChI=1S/C26H42N4O5/c1-8-10-13-28-23(32)22(19-12-11-17(3)18(4)15-19)30(14-9-2)24(33)20(16-21(27)31)29-25(34)35-26(5,6)7/h11-12,15,20,22H,8-10,13-14,16H2,1-7H3,(H2,27,31)(H,28,32)(H,29,34). The number of hydrogen-bond donors (Lipinski definition) is 3. The number of amides is 4. The lowest BCUT2D eigenvalue weighted by molar-refractivity contribution is -0.143. The molecule has 0 bridgehead atoms. The first-order chi connectivity index (χ1) is 16.3. The number of alkyl carbamates (subject to hydrolysis) is 1. The maximum Gasteiger partial charge on any atom is 0.408 e. The van der Waals surface area contributed by atoms with Gasteiger partial charge in [0, 0.05) is 13.1 Å². The zero-order valence-corrected chi connectivity index (χ0v) is 22.2. The van der Waals surface area contributed by atoms with Crippen LogP contribution in [-0.2, 0) is 19.1 Å². The molecule has 0 saturated heterocycles. The van der Waals surface area contributed by atoms with Gasteiger partial charge in [-0.05, 0) is 64.2 Å². The van der Waals surface area contributed by atoms with Crippen molar-refractivity contribution in [2.45, 2.75) is 91.8 Å². The molecule has 1 aromatic carbocycles. The van der Waals surface area contributed by atoms with Crippen molar-refractivity contribution in [3.63, 3.8) is 0 Å². The fourth-order valence-corrected chi connectivity index (χ4v) is 3.55. The number of nitrogens with two attached hydrogens (primary N) is 1. The molecule has 0 radical (unpaired) electrons. The maximum absolute atomic E-state index is 13.7. The van der Waals surface area contributed by atoms with E-state index in [0.29, 0.717) is 18.5 Å². The average molecular weight is 491 g/mol. The first-order valence-corrected chi connectivity index (χ1v) is 12.2. The molecule has 1 rings (SSSR count). The Hall–Kier alpha value is -3.10. The highest BCUT2D eigenvalue weighted by atomic mass is 16.6. The first-order valence-electron chi connectivity index (χ1n) is 12.2. The zero-order chi connectivity index (χ0) is 26.8. The predicted molar refractivity (Wildman–Crippen MR) is 136 cm³/mol. The molecule has 2 unspecified atom stereocenters. The van der Waals surface area contributed by atoms with Gasteiger partial charge < -0.3 is 26.0 Å². The van der Waals surface area contributed by atoms with E-state index in [-0.39, 0.29) is 12.5 Å². The van der Waals surface area contributed by atoms with Crippen LogP contribution in [0.5, 0.6) is 0 Å². The predicted octanol–water partition coefficient (Wildman–Crippen LogP) is 3.27. The van der Waals surface area contributed by atoms with Crippen LogP contribution < -0.4 is 16.4 Å². The van der Waals surface area contributed by atoms with E-state index in [1.807, 2.05) is 45.9 Å². The van der Waals surface area contributed by atoms with E-state index >= 15 is 0 Å². The van der Waals surface area contributed by atoms with Gasteiger partial charge in [0.2, 0.25) is 17.7 Å². The summed E-state index contributed by atoms with van der Waals surface area (Å²) in [6.45, 7) is 13.6. The molecule has 2 atom stereocenters. The van der Waals surface area contributed by atoms with Gasteiger partial charge in [-0.2, -0.15) is 0 Å². The third-order valence-electron chi connectivity index (χ3n) is 5.38. The smallest absolute Gasteiger partial charge is 0.408 e. The summed E-state index contributed by atoms with van der Waals surface area (Å²) in [5, 5.41) is 5.40. The highest BCUT2D eigenvalue weighted by Crippen LogP contribution is 2.25. The molecule has 0 fully saturated rings. The molecule has 35 heavy (non-hydrogen) atoms. The van der Waals surface area contributed by atoms with Gasteiger partial charge in [0.1, 0.15) is 17.7 Å². The topological polar surface area (TPSA) is 131 Å². The number of hydrogen-bond acceptors (Lipinski definition) is 5. The van der Waals surface area contributed by atoms with Crippen LogP contribution in [0.1, 0.15) is 83.0 Å². The van der Waals surface area contributed by atoms with Crippen LogP contribution in [-0.4, -0.2) is 53.4 Å². The Morgan fingerprint density at radius 2 is 1.71 bits per heavy atom. The Morgan fingerprint density at radius 1 is 1.06 bits per heavy atom. The fraction of sp³-hybridized carbons (Fsp3) is 0.615. The SMILES string of the molecule is CCCCNC(=O)C(c1ccc(C)c(C)c1)N(CCC)C(=O)C(CC(N)=O)NC(=O)OC(C)(C)C. The Bertz CT molecular complexity index is 894. The van der Waals surface area contributed by atoms with Crippen LogP contribution in [0.3, 0.4) is 0 Å². The molecular weight excluding hydrogens is 448 g/mol. The monoisotopic (exact) mass is 490 g/mol. The molecule has 0 heterocycles. The Balaban J connectivity index is 3.43. The summed E-state index contributed by atoms with van der Waals surface area (Å²) in [4.78, 5) is 52.7. The number of rotatable bonds is 12. The van der Waals surface area contributed by atoms with Gasteiger partial charge in [-0.3, -0.25) is 14.4 Å². The van der Waals surface area contributed by atoms with Gasteiger partial charge in [0.25, 0.3) is 0 Å². The van der Waals surface area contributed by atoms with Crippen LogP contribution in [0.15, 0.2) is 18.2 Å². The molecule has 0 spiro atoms. The van der Waals surface area contributed by atoms with Gasteiger partial charge in [0.05, 0.1) is 6.42 Å². The summed E-state index contributed by atoms with van der Waals surface area (Å²) >= 11 is 0. The van der Waals surface area contributed by atoms with Crippen molar-refractivity contribution in [1.82, 2.24) is 15.5 Å². The number of ether oxygens (including phenoxy) is 1. The second kappa shape index (κ2) is 13.7. The second-order valence-electron chi connectivity index (χ2n) is 9.79. The number of nitrogens with one attached hydrogen (secondary N) is 2. The van der Waals surface area contributed by atoms with Crippen molar-refractivity contribution >= 4 is 23.8 Å². The summed E-state index contributed by atoms with van der Waals surface area (Å²) in [6, 6.07) is 3.42. The molecule has 1 aromatic rings. The van der Waals surface area contributed by atoms with Crippen molar-refractivity contribution < 1.29 is 23.9 Å². The van der Waals surface area contributed by atoms with E-state index in [2.05, 4.69) is 10.6 Å². The van der Waals surface area contributed by atoms with Crippen LogP contribution in [0, 0.1) is 13.8 Å². The van der Waals surface area contributed by atoms with Gasteiger partial charge >= 0.3 is 6.09 Å². The molecule has 0 aliphatic heterocycles. The van der Waals surface area contributed by atoms with Crippen molar-refractivity contribution in [3.05, 3.63) is 34.9 Å². The lowest BCUT2D eigenvalue weighted by atomic mass is 9.98. The van der Waals surface area contributed by atoms with E-state index < -0.39 is 42.0 Å². The second-order valence-corrected chi connectivity index (χ2v) is 9.79. The number of benzene rings is 1. The Kier molecular flexibility index (Phi) is 11.7. The van der Waals surface area contributed by atoms with Crippen LogP contribution in [0.4, 0.5) is 4.79 Å². The minimum Gasteiger partial charge on any atom is -0.444 e. The zero-order valence-electron chi connectivity index (χ0n) is 22.2. The van der Waals surface area contributed by atoms with Crippen LogP contribution in [0.2, 0.25) is 0 Å². The lowest BCUT2D eigenvalue weighted by Gasteiger charge is -2.34. The summed E-state index contributed by atoms with van der Waals surface area (Å²) in [6.07, 6.45) is 1.01. The minimum absolute atomic E-state index is 0.239. The first kappa shape index (κ1) is 29.9. The third-order valence-corrected chi connectivity index (χ3v) is 5.38. The number of carbonyl (C=O) groups is 4. The Morgan fingerprint density at radius 3 is 2.23 bits per heavy atom. The average Bonchev–Trinajstić information content (AvgIpc) is 2.73. The molecule has 0 aliphatic rings. The quantitative estimate of drug-likeness (QED) is 0.387. The van der Waals surface area contributed by atoms with Gasteiger partial charge in [-0.15, -0.1) is 0 Å². The highest BCUT2D eigenvalue weighted by molar-refractivity contribution is 5.94. The summed E-state index contributed by atoms with van der Waals surface area (Å²) in [7, 11) is 0. The Labute approximate surface area is 209 Å². The van der Waals surface area contributed by atoms with Crippen LogP contribution >= 0.6 is 0 Å². The van der Waals surface area contributed by atoms with E-state index in [4.69, 9.17) is 10.5 Å². The maximum atomic E-state index is 13.7. The molecule has 4 amide bonds. The molecule has 0 saturated carbocycles. The lowest BCUT2D eigenvalue weighted by Crippen LogP contribution is -2.54. The third kappa shape index (κ3) is 9.96. The fourth-order valence-electron chi connectivity index (χ4n) is 3.55. The highest BCUT2D eigenvalue weighted by Gasteiger charge is 2.36. The van der Waals surface area contributed by atoms with Crippen LogP contribution in [0.25, 0.3) is 0 Å². The van der Waals surface area contributed by atoms with Crippen molar-refractivity contribution in [3.8, 4) is 0 Å². The van der Waals surface area contributed by atoms with Gasteiger partial charge in [-0.1, -0.05) is 38.5 Å². The van der Waals surface area contributed by atoms with E-state index in [1.54, 1.807) is 20.8 Å². The summed E-state index contributed by atoms with van der Waals surface area (Å²) in [5.41, 5.74) is 7.29. The van der Waals surface area contributed by atoms with E-state index in [0.717, 1.165) is 24.0 Å². The summed E-state index contributed by atoms with van der Waals surface area (Å²) < 4.78 is 5.27. The summed E-state index contributed by atoms with van der Waals surface area (Å²) in [5.74, 6) is -1.66. The van der Waals surface area contributed by atoms with Gasteiger partial charge in [-0.25, -0.2) is 4.79 Å². The number of primary amides is 1. The van der Waals surface area contributed by atoms with Crippen molar-refractivity contribution in [2.24, 2.45) is 5.73 Å². The van der Waals surface area contributed by atoms with Crippen molar-refractivity contribution in [1.29, 1.82) is 0 Å². The van der Waals surface area contributed by atoms with E-state index in [1.165, 1.54) is 4.90 Å². The minimum atomic E-state index is -1.27.